The normalized spacial score (nSPS) is 12.5. The van der Waals surface area contributed by atoms with Crippen LogP contribution in [0.1, 0.15) is 26.2 Å². The van der Waals surface area contributed by atoms with E-state index in [4.69, 9.17) is 0 Å². The Kier molecular flexibility index (Phi) is 9.90. The largest absolute Gasteiger partial charge is 0.0845 e. The molecule has 0 saturated heterocycles. The van der Waals surface area contributed by atoms with Gasteiger partial charge < -0.3 is 0 Å². The Balaban J connectivity index is 3.28. The summed E-state index contributed by atoms with van der Waals surface area (Å²) in [6, 6.07) is 0. The molecule has 0 aliphatic carbocycles. The van der Waals surface area contributed by atoms with Crippen LogP contribution in [0.3, 0.4) is 0 Å². The maximum atomic E-state index is 2.21. The summed E-state index contributed by atoms with van der Waals surface area (Å²) in [5, 5.41) is 0. The molecule has 0 atom stereocenters. The fourth-order valence-electron chi connectivity index (χ4n) is 0.667. The first-order chi connectivity index (χ1) is 5.41. The highest BCUT2D eigenvalue weighted by molar-refractivity contribution is 14.1. The number of rotatable bonds is 5. The molecule has 0 rings (SSSR count). The summed E-state index contributed by atoms with van der Waals surface area (Å²) in [5.41, 5.74) is 0. The maximum absolute atomic E-state index is 2.21. The zero-order valence-corrected chi connectivity index (χ0v) is 9.12. The maximum Gasteiger partial charge on any atom is -0.0234 e. The van der Waals surface area contributed by atoms with E-state index in [1.165, 1.54) is 19.3 Å². The molecule has 0 fully saturated rings. The third-order valence-corrected chi connectivity index (χ3v) is 1.68. The van der Waals surface area contributed by atoms with Crippen LogP contribution in [0.15, 0.2) is 34.5 Å². The van der Waals surface area contributed by atoms with Gasteiger partial charge in [0.05, 0.1) is 0 Å². The Morgan fingerprint density at radius 3 is 2.45 bits per heavy atom. The molecule has 1 heteroatoms. The van der Waals surface area contributed by atoms with E-state index in [2.05, 4.69) is 47.7 Å². The van der Waals surface area contributed by atoms with Crippen LogP contribution in [0.2, 0.25) is 0 Å². The molecule has 0 aromatic rings. The molecule has 0 aromatic carbocycles. The Morgan fingerprint density at radius 2 is 1.82 bits per heavy atom. The van der Waals surface area contributed by atoms with E-state index in [-0.39, 0.29) is 0 Å². The van der Waals surface area contributed by atoms with Gasteiger partial charge in [0, 0.05) is 0 Å². The van der Waals surface area contributed by atoms with Crippen LogP contribution in [-0.2, 0) is 0 Å². The molecular weight excluding hydrogens is 247 g/mol. The van der Waals surface area contributed by atoms with Crippen molar-refractivity contribution in [3.8, 4) is 0 Å². The molecule has 0 bridgehead atoms. The highest BCUT2D eigenvalue weighted by Crippen LogP contribution is 1.95. The first-order valence-electron chi connectivity index (χ1n) is 4.00. The van der Waals surface area contributed by atoms with Gasteiger partial charge in [-0.2, -0.15) is 0 Å². The van der Waals surface area contributed by atoms with Gasteiger partial charge in [-0.25, -0.2) is 0 Å². The molecule has 0 aliphatic rings. The van der Waals surface area contributed by atoms with Crippen molar-refractivity contribution in [2.75, 3.05) is 0 Å². The number of halogens is 1. The lowest BCUT2D eigenvalue weighted by molar-refractivity contribution is 0.815. The minimum atomic E-state index is 1.20. The molecule has 0 aromatic heterocycles. The average Bonchev–Trinajstić information content (AvgIpc) is 2.03. The molecule has 0 unspecified atom stereocenters. The molecule has 0 N–H and O–H groups in total. The van der Waals surface area contributed by atoms with Crippen molar-refractivity contribution in [2.45, 2.75) is 26.2 Å². The topological polar surface area (TPSA) is 0 Å². The van der Waals surface area contributed by atoms with Gasteiger partial charge >= 0.3 is 0 Å². The Bertz CT molecular complexity index is 143. The zero-order chi connectivity index (χ0) is 8.36. The van der Waals surface area contributed by atoms with E-state index < -0.39 is 0 Å². The van der Waals surface area contributed by atoms with Crippen molar-refractivity contribution in [3.63, 3.8) is 0 Å². The highest BCUT2D eigenvalue weighted by atomic mass is 127. The summed E-state index contributed by atoms with van der Waals surface area (Å²) in [6.07, 6.45) is 14.2. The van der Waals surface area contributed by atoms with E-state index >= 15 is 0 Å². The molecular formula is C10H15I. The molecule has 0 nitrogen and oxygen atoms in total. The number of allylic oxidation sites excluding steroid dienone is 5. The monoisotopic (exact) mass is 262 g/mol. The van der Waals surface area contributed by atoms with Gasteiger partial charge in [-0.1, -0.05) is 72.7 Å². The third-order valence-electron chi connectivity index (χ3n) is 1.27. The van der Waals surface area contributed by atoms with Crippen LogP contribution in [-0.4, -0.2) is 0 Å². The van der Waals surface area contributed by atoms with Crippen LogP contribution in [0.25, 0.3) is 0 Å². The van der Waals surface area contributed by atoms with Crippen LogP contribution in [0.5, 0.6) is 0 Å². The molecule has 11 heavy (non-hydrogen) atoms. The van der Waals surface area contributed by atoms with Gasteiger partial charge in [-0.3, -0.25) is 0 Å². The second kappa shape index (κ2) is 9.95. The Labute approximate surface area is 83.2 Å². The molecule has 0 amide bonds. The Morgan fingerprint density at radius 1 is 1.09 bits per heavy atom. The highest BCUT2D eigenvalue weighted by Gasteiger charge is 1.74. The van der Waals surface area contributed by atoms with Gasteiger partial charge in [0.2, 0.25) is 0 Å². The summed E-state index contributed by atoms with van der Waals surface area (Å²) in [4.78, 5) is 0. The lowest BCUT2D eigenvalue weighted by Gasteiger charge is -1.84. The first-order valence-corrected chi connectivity index (χ1v) is 5.25. The van der Waals surface area contributed by atoms with Crippen molar-refractivity contribution in [2.24, 2.45) is 0 Å². The van der Waals surface area contributed by atoms with Gasteiger partial charge in [0.15, 0.2) is 0 Å². The third kappa shape index (κ3) is 9.95. The summed E-state index contributed by atoms with van der Waals surface area (Å²) in [5.74, 6) is 0. The van der Waals surface area contributed by atoms with Crippen LogP contribution < -0.4 is 0 Å². The minimum absolute atomic E-state index is 1.20. The van der Waals surface area contributed by atoms with E-state index in [1.54, 1.807) is 0 Å². The van der Waals surface area contributed by atoms with Gasteiger partial charge in [-0.15, -0.1) is 0 Å². The molecule has 0 spiro atoms. The lowest BCUT2D eigenvalue weighted by atomic mass is 10.2. The molecule has 0 radical (unpaired) electrons. The predicted octanol–water partition coefficient (Wildman–Crippen LogP) is 4.24. The van der Waals surface area contributed by atoms with Crippen molar-refractivity contribution in [1.29, 1.82) is 0 Å². The van der Waals surface area contributed by atoms with Crippen LogP contribution >= 0.6 is 22.6 Å². The molecule has 62 valence electrons. The number of unbranched alkanes of at least 4 members (excludes halogenated alkanes) is 2. The quantitative estimate of drug-likeness (QED) is 0.395. The molecule has 0 aliphatic heterocycles. The summed E-state index contributed by atoms with van der Waals surface area (Å²) in [7, 11) is 0. The fourth-order valence-corrected chi connectivity index (χ4v) is 0.907. The number of hydrogen-bond acceptors (Lipinski definition) is 0. The second-order valence-corrected chi connectivity index (χ2v) is 2.99. The van der Waals surface area contributed by atoms with Crippen molar-refractivity contribution in [1.82, 2.24) is 0 Å². The van der Waals surface area contributed by atoms with Gasteiger partial charge in [0.1, 0.15) is 0 Å². The summed E-state index contributed by atoms with van der Waals surface area (Å²) in [6.45, 7) is 2.21. The lowest BCUT2D eigenvalue weighted by Crippen LogP contribution is -1.64. The first kappa shape index (κ1) is 11.0. The molecule has 0 saturated carbocycles. The average molecular weight is 262 g/mol. The van der Waals surface area contributed by atoms with Gasteiger partial charge in [-0.05, 0) is 10.5 Å². The second-order valence-electron chi connectivity index (χ2n) is 2.27. The van der Waals surface area contributed by atoms with Crippen molar-refractivity contribution >= 4 is 22.6 Å². The zero-order valence-electron chi connectivity index (χ0n) is 6.96. The predicted molar refractivity (Wildman–Crippen MR) is 61.0 cm³/mol. The smallest absolute Gasteiger partial charge is 0.0234 e. The van der Waals surface area contributed by atoms with E-state index in [0.29, 0.717) is 0 Å². The van der Waals surface area contributed by atoms with Gasteiger partial charge in [0.25, 0.3) is 0 Å². The summed E-state index contributed by atoms with van der Waals surface area (Å²) >= 11 is 2.21. The van der Waals surface area contributed by atoms with Crippen LogP contribution in [0, 0.1) is 0 Å². The van der Waals surface area contributed by atoms with E-state index in [9.17, 15) is 0 Å². The number of hydrogen-bond donors (Lipinski definition) is 0. The minimum Gasteiger partial charge on any atom is -0.0845 e. The van der Waals surface area contributed by atoms with Crippen molar-refractivity contribution in [3.05, 3.63) is 34.5 Å². The Hall–Kier alpha value is -0.0500. The fraction of sp³-hybridized carbons (Fsp3) is 0.400. The van der Waals surface area contributed by atoms with Crippen LogP contribution in [0.4, 0.5) is 0 Å². The standard InChI is InChI=1S/C10H15I/c1-2-3-4-5-6-7-8-9-10-11/h5-10H,2-4H2,1H3. The van der Waals surface area contributed by atoms with E-state index in [0.717, 1.165) is 0 Å². The SMILES string of the molecule is CCCCC=CC=CC=CI. The summed E-state index contributed by atoms with van der Waals surface area (Å²) < 4.78 is 1.99. The van der Waals surface area contributed by atoms with E-state index in [1.807, 2.05) is 16.2 Å². The molecule has 0 heterocycles. The van der Waals surface area contributed by atoms with Crippen molar-refractivity contribution < 1.29 is 0 Å².